The van der Waals surface area contributed by atoms with Gasteiger partial charge in [-0.3, -0.25) is 28.9 Å². The summed E-state index contributed by atoms with van der Waals surface area (Å²) in [6.45, 7) is 7.53. The van der Waals surface area contributed by atoms with Gasteiger partial charge in [0.1, 0.15) is 23.3 Å². The average Bonchev–Trinajstić information content (AvgIpc) is 3.65. The van der Waals surface area contributed by atoms with E-state index in [1.165, 1.54) is 30.6 Å². The minimum atomic E-state index is -1.39. The Bertz CT molecular complexity index is 1590. The molecule has 1 saturated heterocycles. The summed E-state index contributed by atoms with van der Waals surface area (Å²) in [5, 5.41) is 8.57. The van der Waals surface area contributed by atoms with Crippen LogP contribution in [-0.4, -0.2) is 115 Å². The SMILES string of the molecule is CC1CCC1.CCC(C)(C)OC(=O)NC(C=O)C1CCCCC1.CN(C)C(=O)C(NC(=O)CNC(=O)C(=O)CNC(=O)C1[C@H]2CC(F)(P)C[C@H]2CN1C)c1ccccc1. The average molecular weight is 847 g/mol. The third-order valence-electron chi connectivity index (χ3n) is 11.9. The number of amides is 5. The topological polar surface area (TPSA) is 183 Å². The van der Waals surface area contributed by atoms with Crippen LogP contribution in [0.4, 0.5) is 9.18 Å². The standard InChI is InChI=1S/C24H33FN5O5P.C14H25NO3.C5H10/c1-29(2)23(35)19(14-7-5-4-6-8-14)28-18(32)12-27-21(33)17(31)11-26-22(34)20-16-10-24(25,36)9-15(16)13-30(20)3;1-4-14(2,3)18-13(17)15-12(10-16)11-8-6-5-7-9-11;1-5-3-2-4-5/h4-8,15-16,19-20H,9-13,36H2,1-3H3,(H,26,34)(H,27,33)(H,28,32);10-12H,4-9H2,1-3H3,(H,15,17);5H,2-4H2,1H3/t15-,16-,19?,20?,24?;;/m0../s1. The summed E-state index contributed by atoms with van der Waals surface area (Å²) in [5.41, 5.74) is 0.0899. The third kappa shape index (κ3) is 15.9. The summed E-state index contributed by atoms with van der Waals surface area (Å²) in [6.07, 6.45) is 11.7. The first-order valence-corrected chi connectivity index (χ1v) is 21.6. The van der Waals surface area contributed by atoms with Gasteiger partial charge in [-0.25, -0.2) is 9.18 Å². The Hall–Kier alpha value is -3.97. The number of carbonyl (C=O) groups excluding carboxylic acids is 7. The predicted octanol–water partition coefficient (Wildman–Crippen LogP) is 4.47. The Morgan fingerprint density at radius 3 is 2.14 bits per heavy atom. The number of alkyl carbamates (subject to hydrolysis) is 1. The van der Waals surface area contributed by atoms with Crippen LogP contribution in [0.25, 0.3) is 0 Å². The number of Topliss-reactive ketones (excluding diaryl/α,β-unsaturated/α-hetero) is 1. The van der Waals surface area contributed by atoms with E-state index in [1.54, 1.807) is 51.5 Å². The molecule has 5 amide bonds. The van der Waals surface area contributed by atoms with Crippen LogP contribution in [0.2, 0.25) is 0 Å². The second kappa shape index (κ2) is 23.1. The zero-order chi connectivity index (χ0) is 43.9. The predicted molar refractivity (Wildman–Crippen MR) is 227 cm³/mol. The van der Waals surface area contributed by atoms with E-state index in [1.807, 2.05) is 25.7 Å². The number of hydrogen-bond acceptors (Lipinski definition) is 9. The van der Waals surface area contributed by atoms with Gasteiger partial charge in [-0.1, -0.05) is 91.9 Å². The van der Waals surface area contributed by atoms with Crippen LogP contribution in [0.1, 0.15) is 110 Å². The zero-order valence-corrected chi connectivity index (χ0v) is 37.2. The molecule has 0 spiro atoms. The number of carbonyl (C=O) groups is 7. The maximum absolute atomic E-state index is 14.4. The highest BCUT2D eigenvalue weighted by Crippen LogP contribution is 2.51. The minimum absolute atomic E-state index is 0.0600. The van der Waals surface area contributed by atoms with Crippen LogP contribution >= 0.6 is 9.24 Å². The molecule has 1 heterocycles. The van der Waals surface area contributed by atoms with Crippen LogP contribution in [0, 0.1) is 23.7 Å². The molecule has 7 atom stereocenters. The fourth-order valence-corrected chi connectivity index (χ4v) is 8.45. The number of hydrogen-bond donors (Lipinski definition) is 4. The monoisotopic (exact) mass is 846 g/mol. The molecular formula is C43H68FN6O8P. The van der Waals surface area contributed by atoms with E-state index in [-0.39, 0.29) is 30.1 Å². The van der Waals surface area contributed by atoms with Crippen molar-refractivity contribution >= 4 is 51.0 Å². The van der Waals surface area contributed by atoms with Gasteiger partial charge in [0.15, 0.2) is 0 Å². The van der Waals surface area contributed by atoms with Crippen molar-refractivity contribution in [1.29, 1.82) is 0 Å². The van der Waals surface area contributed by atoms with E-state index in [9.17, 15) is 38.0 Å². The maximum atomic E-state index is 14.4. The number of likely N-dealkylation sites (tertiary alicyclic amines) is 1. The number of benzene rings is 1. The quantitative estimate of drug-likeness (QED) is 0.119. The molecule has 0 aromatic heterocycles. The van der Waals surface area contributed by atoms with Crippen LogP contribution in [-0.2, 0) is 33.5 Å². The summed E-state index contributed by atoms with van der Waals surface area (Å²) in [7, 11) is 7.12. The fraction of sp³-hybridized carbons (Fsp3) is 0.698. The highest BCUT2D eigenvalue weighted by molar-refractivity contribution is 7.18. The lowest BCUT2D eigenvalue weighted by Crippen LogP contribution is -2.49. The smallest absolute Gasteiger partial charge is 0.408 e. The number of ether oxygens (including phenoxy) is 1. The molecule has 1 aliphatic heterocycles. The van der Waals surface area contributed by atoms with Crippen molar-refractivity contribution in [3.05, 3.63) is 35.9 Å². The lowest BCUT2D eigenvalue weighted by atomic mass is 9.84. The van der Waals surface area contributed by atoms with Crippen molar-refractivity contribution in [3.63, 3.8) is 0 Å². The van der Waals surface area contributed by atoms with Crippen LogP contribution in [0.15, 0.2) is 30.3 Å². The fourth-order valence-electron chi connectivity index (χ4n) is 7.88. The molecule has 59 heavy (non-hydrogen) atoms. The Labute approximate surface area is 351 Å². The summed E-state index contributed by atoms with van der Waals surface area (Å²) >= 11 is 0. The van der Waals surface area contributed by atoms with Gasteiger partial charge in [0.25, 0.3) is 5.91 Å². The lowest BCUT2D eigenvalue weighted by molar-refractivity contribution is -0.139. The van der Waals surface area contributed by atoms with Gasteiger partial charge in [-0.15, -0.1) is 0 Å². The van der Waals surface area contributed by atoms with E-state index < -0.39 is 71.8 Å². The van der Waals surface area contributed by atoms with Gasteiger partial charge in [0.05, 0.1) is 25.2 Å². The molecule has 5 unspecified atom stereocenters. The van der Waals surface area contributed by atoms with Gasteiger partial charge >= 0.3 is 6.09 Å². The summed E-state index contributed by atoms with van der Waals surface area (Å²) in [6, 6.07) is 6.72. The first-order chi connectivity index (χ1) is 27.8. The van der Waals surface area contributed by atoms with Gasteiger partial charge in [-0.05, 0) is 82.2 Å². The highest BCUT2D eigenvalue weighted by atomic mass is 31.0. The third-order valence-corrected chi connectivity index (χ3v) is 12.3. The molecule has 3 aliphatic carbocycles. The van der Waals surface area contributed by atoms with Crippen LogP contribution in [0.3, 0.4) is 0 Å². The Balaban J connectivity index is 0.000000333. The Morgan fingerprint density at radius 2 is 1.59 bits per heavy atom. The molecule has 16 heteroatoms. The summed E-state index contributed by atoms with van der Waals surface area (Å²) in [5.74, 6) is -2.16. The van der Waals surface area contributed by atoms with Crippen molar-refractivity contribution in [1.82, 2.24) is 31.1 Å². The van der Waals surface area contributed by atoms with Gasteiger partial charge < -0.3 is 35.7 Å². The molecule has 1 aromatic rings. The van der Waals surface area contributed by atoms with E-state index in [0.29, 0.717) is 18.5 Å². The molecule has 4 aliphatic rings. The number of rotatable bonds is 14. The number of aldehydes is 1. The Morgan fingerprint density at radius 1 is 0.966 bits per heavy atom. The van der Waals surface area contributed by atoms with Crippen molar-refractivity contribution < 1.29 is 42.7 Å². The lowest BCUT2D eigenvalue weighted by Gasteiger charge is -2.29. The van der Waals surface area contributed by atoms with Gasteiger partial charge in [0, 0.05) is 20.6 Å². The molecule has 4 N–H and O–H groups in total. The molecular weight excluding hydrogens is 778 g/mol. The van der Waals surface area contributed by atoms with Crippen molar-refractivity contribution in [2.24, 2.45) is 23.7 Å². The number of fused-ring (bicyclic) bond motifs is 1. The number of alkyl halides is 1. The van der Waals surface area contributed by atoms with E-state index in [4.69, 9.17) is 4.74 Å². The van der Waals surface area contributed by atoms with E-state index in [0.717, 1.165) is 44.3 Å². The second-order valence-corrected chi connectivity index (χ2v) is 18.5. The molecule has 330 valence electrons. The zero-order valence-electron chi connectivity index (χ0n) is 36.0. The molecule has 14 nitrogen and oxygen atoms in total. The number of nitrogens with zero attached hydrogens (tertiary/aromatic N) is 2. The Kier molecular flexibility index (Phi) is 19.4. The molecule has 0 radical (unpaired) electrons. The molecule has 5 rings (SSSR count). The van der Waals surface area contributed by atoms with Crippen LogP contribution < -0.4 is 21.3 Å². The van der Waals surface area contributed by atoms with Gasteiger partial charge in [0.2, 0.25) is 23.5 Å². The maximum Gasteiger partial charge on any atom is 0.408 e. The minimum Gasteiger partial charge on any atom is -0.444 e. The molecule has 3 saturated carbocycles. The number of nitrogens with one attached hydrogen (secondary N) is 4. The van der Waals surface area contributed by atoms with Crippen molar-refractivity contribution in [3.8, 4) is 0 Å². The summed E-state index contributed by atoms with van der Waals surface area (Å²) < 4.78 is 19.7. The summed E-state index contributed by atoms with van der Waals surface area (Å²) in [4.78, 5) is 88.1. The normalized spacial score (nSPS) is 23.8. The van der Waals surface area contributed by atoms with E-state index >= 15 is 0 Å². The molecule has 1 aromatic carbocycles. The number of halogens is 1. The van der Waals surface area contributed by atoms with Crippen molar-refractivity contribution in [2.75, 3.05) is 40.8 Å². The first kappa shape index (κ1) is 49.4. The van der Waals surface area contributed by atoms with Gasteiger partial charge in [-0.2, -0.15) is 0 Å². The molecule has 4 fully saturated rings. The molecule has 0 bridgehead atoms. The van der Waals surface area contributed by atoms with Crippen molar-refractivity contribution in [2.45, 2.75) is 127 Å². The first-order valence-electron chi connectivity index (χ1n) is 21.0. The van der Waals surface area contributed by atoms with Crippen LogP contribution in [0.5, 0.6) is 0 Å². The largest absolute Gasteiger partial charge is 0.444 e. The highest BCUT2D eigenvalue weighted by Gasteiger charge is 2.53. The number of likely N-dealkylation sites (N-methyl/N-ethyl adjacent to an activating group) is 2. The second-order valence-electron chi connectivity index (χ2n) is 17.5. The number of ketones is 1. The van der Waals surface area contributed by atoms with E-state index in [2.05, 4.69) is 37.4 Å².